The molecule has 0 saturated carbocycles. The van der Waals surface area contributed by atoms with Crippen LogP contribution in [0.4, 0.5) is 5.69 Å². The van der Waals surface area contributed by atoms with Crippen LogP contribution in [0, 0.1) is 28.4 Å². The maximum absolute atomic E-state index is 12.5. The molecule has 0 bridgehead atoms. The summed E-state index contributed by atoms with van der Waals surface area (Å²) < 4.78 is 16.2. The normalized spacial score (nSPS) is 10.9. The Bertz CT molecular complexity index is 1270. The summed E-state index contributed by atoms with van der Waals surface area (Å²) in [5.74, 6) is 1.24. The smallest absolute Gasteiger partial charge is 0.270 e. The Hall–Kier alpha value is -4.58. The summed E-state index contributed by atoms with van der Waals surface area (Å²) in [7, 11) is 3.05. The number of benzene rings is 2. The molecule has 0 saturated heterocycles. The molecule has 9 heteroatoms. The van der Waals surface area contributed by atoms with E-state index in [1.807, 2.05) is 6.07 Å². The number of rotatable bonds is 8. The molecule has 0 spiro atoms. The Kier molecular flexibility index (Phi) is 7.10. The Labute approximate surface area is 190 Å². The molecule has 3 rings (SSSR count). The van der Waals surface area contributed by atoms with E-state index in [2.05, 4.69) is 5.32 Å². The van der Waals surface area contributed by atoms with Crippen LogP contribution in [0.25, 0.3) is 17.4 Å². The van der Waals surface area contributed by atoms with Gasteiger partial charge < -0.3 is 19.2 Å². The molecular formula is C24H21N3O6. The number of non-ortho nitro benzene ring substituents is 1. The molecule has 9 nitrogen and oxygen atoms in total. The van der Waals surface area contributed by atoms with E-state index in [-0.39, 0.29) is 23.6 Å². The van der Waals surface area contributed by atoms with Gasteiger partial charge in [-0.1, -0.05) is 6.07 Å². The average molecular weight is 447 g/mol. The summed E-state index contributed by atoms with van der Waals surface area (Å²) in [6.45, 7) is 1.94. The number of aryl methyl sites for hydroxylation is 1. The second-order valence-corrected chi connectivity index (χ2v) is 6.99. The zero-order valence-electron chi connectivity index (χ0n) is 18.2. The first-order valence-corrected chi connectivity index (χ1v) is 9.82. The van der Waals surface area contributed by atoms with Crippen LogP contribution >= 0.6 is 0 Å². The highest BCUT2D eigenvalue weighted by Crippen LogP contribution is 2.30. The summed E-state index contributed by atoms with van der Waals surface area (Å²) in [4.78, 5) is 23.1. The van der Waals surface area contributed by atoms with E-state index < -0.39 is 10.8 Å². The molecule has 168 valence electrons. The van der Waals surface area contributed by atoms with Crippen molar-refractivity contribution in [2.75, 3.05) is 14.2 Å². The Morgan fingerprint density at radius 3 is 2.64 bits per heavy atom. The number of nitrogens with one attached hydrogen (secondary N) is 1. The Balaban J connectivity index is 1.77. The van der Waals surface area contributed by atoms with Gasteiger partial charge in [0.25, 0.3) is 11.6 Å². The highest BCUT2D eigenvalue weighted by molar-refractivity contribution is 6.01. The largest absolute Gasteiger partial charge is 0.497 e. The van der Waals surface area contributed by atoms with Crippen LogP contribution in [0.5, 0.6) is 11.5 Å². The zero-order valence-corrected chi connectivity index (χ0v) is 18.2. The maximum Gasteiger partial charge on any atom is 0.270 e. The molecule has 0 atom stereocenters. The number of nitrogens with zero attached hydrogens (tertiary/aromatic N) is 2. The SMILES string of the molecule is COc1ccc(CNC(=O)/C(C#N)=C/c2ccc(-c3cc([N+](=O)[O-])ccc3C)o2)c(OC)c1. The fourth-order valence-corrected chi connectivity index (χ4v) is 3.12. The minimum Gasteiger partial charge on any atom is -0.497 e. The van der Waals surface area contributed by atoms with Crippen LogP contribution < -0.4 is 14.8 Å². The van der Waals surface area contributed by atoms with E-state index >= 15 is 0 Å². The van der Waals surface area contributed by atoms with Crippen LogP contribution in [0.3, 0.4) is 0 Å². The quantitative estimate of drug-likeness (QED) is 0.234. The lowest BCUT2D eigenvalue weighted by Gasteiger charge is -2.11. The number of carbonyl (C=O) groups is 1. The molecule has 0 fully saturated rings. The lowest BCUT2D eigenvalue weighted by Crippen LogP contribution is -2.24. The average Bonchev–Trinajstić information content (AvgIpc) is 3.29. The minimum absolute atomic E-state index is 0.0601. The van der Waals surface area contributed by atoms with Crippen LogP contribution in [0.2, 0.25) is 0 Å². The van der Waals surface area contributed by atoms with E-state index in [0.29, 0.717) is 28.4 Å². The second kappa shape index (κ2) is 10.2. The number of furan rings is 1. The van der Waals surface area contributed by atoms with Crippen molar-refractivity contribution in [1.82, 2.24) is 5.32 Å². The predicted octanol–water partition coefficient (Wildman–Crippen LogP) is 4.40. The topological polar surface area (TPSA) is 128 Å². The van der Waals surface area contributed by atoms with Crippen LogP contribution in [0.15, 0.2) is 58.5 Å². The standard InChI is InChI=1S/C24H21N3O6/c1-15-4-6-18(27(29)30)11-21(15)22-9-8-20(33-22)10-17(13-25)24(28)26-14-16-5-7-19(31-2)12-23(16)32-3/h4-12H,14H2,1-3H3,(H,26,28)/b17-10+. The van der Waals surface area contributed by atoms with E-state index in [9.17, 15) is 20.2 Å². The molecule has 0 unspecified atom stereocenters. The molecule has 33 heavy (non-hydrogen) atoms. The molecular weight excluding hydrogens is 426 g/mol. The van der Waals surface area contributed by atoms with E-state index in [4.69, 9.17) is 13.9 Å². The minimum atomic E-state index is -0.583. The number of methoxy groups -OCH3 is 2. The predicted molar refractivity (Wildman–Crippen MR) is 121 cm³/mol. The van der Waals surface area contributed by atoms with Gasteiger partial charge in [-0.15, -0.1) is 0 Å². The van der Waals surface area contributed by atoms with Gasteiger partial charge in [-0.25, -0.2) is 0 Å². The monoisotopic (exact) mass is 447 g/mol. The molecule has 1 N–H and O–H groups in total. The van der Waals surface area contributed by atoms with E-state index in [0.717, 1.165) is 5.56 Å². The molecule has 2 aromatic carbocycles. The van der Waals surface area contributed by atoms with Crippen molar-refractivity contribution < 1.29 is 23.6 Å². The molecule has 1 aromatic heterocycles. The van der Waals surface area contributed by atoms with Crippen molar-refractivity contribution in [1.29, 1.82) is 5.26 Å². The van der Waals surface area contributed by atoms with Gasteiger partial charge in [-0.3, -0.25) is 14.9 Å². The Morgan fingerprint density at radius 1 is 1.18 bits per heavy atom. The number of amides is 1. The number of nitro groups is 1. The first-order chi connectivity index (χ1) is 15.9. The summed E-state index contributed by atoms with van der Waals surface area (Å²) >= 11 is 0. The van der Waals surface area contributed by atoms with Gasteiger partial charge >= 0.3 is 0 Å². The fraction of sp³-hybridized carbons (Fsp3) is 0.167. The van der Waals surface area contributed by atoms with Crippen LogP contribution in [-0.2, 0) is 11.3 Å². The number of nitriles is 1. The van der Waals surface area contributed by atoms with Crippen molar-refractivity contribution in [2.24, 2.45) is 0 Å². The third-order valence-electron chi connectivity index (χ3n) is 4.91. The first kappa shape index (κ1) is 23.1. The van der Waals surface area contributed by atoms with Crippen molar-refractivity contribution >= 4 is 17.7 Å². The summed E-state index contributed by atoms with van der Waals surface area (Å²) in [5.41, 5.74) is 1.84. The van der Waals surface area contributed by atoms with E-state index in [1.54, 1.807) is 50.4 Å². The second-order valence-electron chi connectivity index (χ2n) is 6.99. The summed E-state index contributed by atoms with van der Waals surface area (Å²) in [5, 5.41) is 23.2. The fourth-order valence-electron chi connectivity index (χ4n) is 3.12. The maximum atomic E-state index is 12.5. The van der Waals surface area contributed by atoms with E-state index in [1.165, 1.54) is 25.3 Å². The number of carbonyl (C=O) groups excluding carboxylic acids is 1. The number of nitro benzene ring substituents is 1. The lowest BCUT2D eigenvalue weighted by atomic mass is 10.1. The first-order valence-electron chi connectivity index (χ1n) is 9.82. The summed E-state index contributed by atoms with van der Waals surface area (Å²) in [6, 6.07) is 14.7. The number of ether oxygens (including phenoxy) is 2. The van der Waals surface area contributed by atoms with Gasteiger partial charge in [0.05, 0.1) is 19.1 Å². The van der Waals surface area contributed by atoms with Crippen molar-refractivity contribution in [2.45, 2.75) is 13.5 Å². The Morgan fingerprint density at radius 2 is 1.97 bits per heavy atom. The molecule has 3 aromatic rings. The lowest BCUT2D eigenvalue weighted by molar-refractivity contribution is -0.384. The van der Waals surface area contributed by atoms with Gasteiger partial charge in [0.2, 0.25) is 0 Å². The van der Waals surface area contributed by atoms with Gasteiger partial charge in [-0.2, -0.15) is 5.26 Å². The molecule has 0 aliphatic carbocycles. The van der Waals surface area contributed by atoms with Gasteiger partial charge in [-0.05, 0) is 36.8 Å². The zero-order chi connectivity index (χ0) is 24.0. The van der Waals surface area contributed by atoms with Crippen molar-refractivity contribution in [3.05, 3.63) is 81.1 Å². The van der Waals surface area contributed by atoms with Crippen molar-refractivity contribution in [3.8, 4) is 28.9 Å². The van der Waals surface area contributed by atoms with Gasteiger partial charge in [0.15, 0.2) is 0 Å². The molecule has 1 amide bonds. The number of hydrogen-bond donors (Lipinski definition) is 1. The molecule has 0 radical (unpaired) electrons. The van der Waals surface area contributed by atoms with Crippen LogP contribution in [0.1, 0.15) is 16.9 Å². The van der Waals surface area contributed by atoms with Crippen molar-refractivity contribution in [3.63, 3.8) is 0 Å². The molecule has 1 heterocycles. The molecule has 0 aliphatic heterocycles. The number of hydrogen-bond acceptors (Lipinski definition) is 7. The summed E-state index contributed by atoms with van der Waals surface area (Å²) in [6.07, 6.45) is 1.32. The third-order valence-corrected chi connectivity index (χ3v) is 4.91. The van der Waals surface area contributed by atoms with Gasteiger partial charge in [0.1, 0.15) is 34.7 Å². The third kappa shape index (κ3) is 5.37. The van der Waals surface area contributed by atoms with Crippen LogP contribution in [-0.4, -0.2) is 25.1 Å². The van der Waals surface area contributed by atoms with Gasteiger partial charge in [0, 0.05) is 41.9 Å². The highest BCUT2D eigenvalue weighted by Gasteiger charge is 2.15. The highest BCUT2D eigenvalue weighted by atomic mass is 16.6. The molecule has 0 aliphatic rings.